The first-order chi connectivity index (χ1) is 60.7. The van der Waals surface area contributed by atoms with Gasteiger partial charge in [0.2, 0.25) is 17.8 Å². The zero-order valence-corrected chi connectivity index (χ0v) is 71.6. The number of nitrogens with one attached hydrogen (secondary N) is 7. The molecule has 6 aromatic carbocycles. The second-order valence-corrected chi connectivity index (χ2v) is 30.9. The molecular formula is C91H103F6N23O6. The van der Waals surface area contributed by atoms with Gasteiger partial charge in [-0.25, -0.2) is 71.2 Å². The molecule has 3 fully saturated rings. The number of hydrogen-bond acceptors (Lipinski definition) is 24. The molecule has 0 spiro atoms. The third-order valence-corrected chi connectivity index (χ3v) is 21.9. The number of benzene rings is 6. The molecule has 9 heterocycles. The average molecular weight is 1730 g/mol. The Bertz CT molecular complexity index is 5690. The first-order valence-corrected chi connectivity index (χ1v) is 41.6. The fourth-order valence-electron chi connectivity index (χ4n) is 15.1. The van der Waals surface area contributed by atoms with Crippen molar-refractivity contribution in [3.63, 3.8) is 0 Å². The van der Waals surface area contributed by atoms with Crippen molar-refractivity contribution >= 4 is 81.3 Å². The van der Waals surface area contributed by atoms with E-state index in [1.54, 1.807) is 131 Å². The van der Waals surface area contributed by atoms with Crippen LogP contribution >= 0.6 is 0 Å². The second-order valence-electron chi connectivity index (χ2n) is 30.9. The molecule has 0 aliphatic carbocycles. The lowest BCUT2D eigenvalue weighted by Crippen LogP contribution is -2.34. The first-order valence-electron chi connectivity index (χ1n) is 41.6. The monoisotopic (exact) mass is 1730 g/mol. The molecule has 7 N–H and O–H groups in total. The van der Waals surface area contributed by atoms with Gasteiger partial charge in [0.1, 0.15) is 71.1 Å². The lowest BCUT2D eigenvalue weighted by atomic mass is 9.99. The number of halogens is 6. The van der Waals surface area contributed by atoms with E-state index >= 15 is 0 Å². The predicted octanol–water partition coefficient (Wildman–Crippen LogP) is 16.8. The summed E-state index contributed by atoms with van der Waals surface area (Å²) >= 11 is 0. The molecule has 3 saturated heterocycles. The van der Waals surface area contributed by atoms with Crippen molar-refractivity contribution in [2.24, 2.45) is 0 Å². The van der Waals surface area contributed by atoms with Crippen LogP contribution in [0.25, 0.3) is 17.5 Å². The van der Waals surface area contributed by atoms with Gasteiger partial charge in [0.25, 0.3) is 29.6 Å². The maximum absolute atomic E-state index is 13.9. The van der Waals surface area contributed by atoms with Crippen molar-refractivity contribution < 1.29 is 54.9 Å². The number of anilines is 11. The van der Waals surface area contributed by atoms with Crippen molar-refractivity contribution in [2.45, 2.75) is 109 Å². The number of methoxy groups -OCH3 is 3. The average Bonchev–Trinajstić information content (AvgIpc) is 1.50. The Labute approximate surface area is 726 Å². The van der Waals surface area contributed by atoms with Gasteiger partial charge in [-0.15, -0.1) is 0 Å². The molecule has 6 aromatic heterocycles. The highest BCUT2D eigenvalue weighted by molar-refractivity contribution is 6.07. The molecule has 35 heteroatoms. The highest BCUT2D eigenvalue weighted by Crippen LogP contribution is 2.36. The van der Waals surface area contributed by atoms with Crippen LogP contribution < -0.4 is 56.3 Å². The fraction of sp³-hybridized carbons (Fsp3) is 0.341. The number of likely N-dealkylation sites (N-methyl/N-ethyl adjacent to an activating group) is 2. The van der Waals surface area contributed by atoms with Crippen molar-refractivity contribution in [3.8, 4) is 34.7 Å². The van der Waals surface area contributed by atoms with Crippen LogP contribution in [0.4, 0.5) is 90.1 Å². The fourth-order valence-corrected chi connectivity index (χ4v) is 15.1. The Kier molecular flexibility index (Phi) is 29.6. The number of amides is 2. The highest BCUT2D eigenvalue weighted by atomic mass is 19.3. The minimum Gasteiger partial charge on any atom is -0.497 e. The SMILES string of the molecule is CCN1CCCC1CNc1cc(-n2ccnc2Nc2cc(OC)cc(C(=O)Cc3cccc(C(C)(F)F)c3)c2)ncn1.CCN1CCCC1CNc1cc(-n2ccnc2Nc2cc(OC)cc(C(=O)N(C)c3cccc(C(C)(F)F)c3)c2)ncn1.COc1cc(Nc2nccn2-c2cc(NCCN3CCCC3)ncn2)cc(C(=O)Nc2cccc(C(C)(F)F)c2)c1. The molecule has 0 bridgehead atoms. The Morgan fingerprint density at radius 3 is 1.37 bits per heavy atom. The summed E-state index contributed by atoms with van der Waals surface area (Å²) in [5.41, 5.74) is 3.24. The number of hydrogen-bond donors (Lipinski definition) is 7. The molecule has 2 atom stereocenters. The van der Waals surface area contributed by atoms with E-state index in [4.69, 9.17) is 14.2 Å². The summed E-state index contributed by atoms with van der Waals surface area (Å²) in [6, 6.07) is 38.8. The first kappa shape index (κ1) is 90.2. The Morgan fingerprint density at radius 2 is 0.889 bits per heavy atom. The quantitative estimate of drug-likeness (QED) is 0.0146. The minimum atomic E-state index is -3.03. The van der Waals surface area contributed by atoms with Gasteiger partial charge in [-0.1, -0.05) is 56.3 Å². The molecule has 3 aliphatic rings. The summed E-state index contributed by atoms with van der Waals surface area (Å²) in [5.74, 6) is -3.39. The lowest BCUT2D eigenvalue weighted by molar-refractivity contribution is 0.0167. The van der Waals surface area contributed by atoms with E-state index in [2.05, 4.69) is 111 Å². The number of imidazole rings is 3. The predicted molar refractivity (Wildman–Crippen MR) is 475 cm³/mol. The van der Waals surface area contributed by atoms with Crippen LogP contribution in [0.1, 0.15) is 126 Å². The Hall–Kier alpha value is -13.5. The van der Waals surface area contributed by atoms with Crippen LogP contribution in [-0.4, -0.2) is 197 Å². The van der Waals surface area contributed by atoms with Crippen LogP contribution in [-0.2, 0) is 24.2 Å². The van der Waals surface area contributed by atoms with E-state index in [0.29, 0.717) is 110 Å². The second kappa shape index (κ2) is 41.3. The molecule has 12 aromatic rings. The van der Waals surface area contributed by atoms with Crippen LogP contribution in [0.2, 0.25) is 0 Å². The van der Waals surface area contributed by atoms with Crippen LogP contribution in [0, 0.1) is 0 Å². The van der Waals surface area contributed by atoms with E-state index in [9.17, 15) is 40.7 Å². The molecule has 2 unspecified atom stereocenters. The number of rotatable bonds is 34. The summed E-state index contributed by atoms with van der Waals surface area (Å²) in [6.45, 7) is 16.8. The third-order valence-electron chi connectivity index (χ3n) is 21.9. The number of carbonyl (C=O) groups is 3. The maximum Gasteiger partial charge on any atom is 0.270 e. The molecule has 2 amide bonds. The molecule has 0 radical (unpaired) electrons. The third kappa shape index (κ3) is 23.9. The molecule has 0 saturated carbocycles. The topological polar surface area (TPSA) is 307 Å². The summed E-state index contributed by atoms with van der Waals surface area (Å²) in [6.07, 6.45) is 22.0. The van der Waals surface area contributed by atoms with Crippen molar-refractivity contribution in [2.75, 3.05) is 136 Å². The van der Waals surface area contributed by atoms with Crippen LogP contribution in [0.5, 0.6) is 17.2 Å². The van der Waals surface area contributed by atoms with Gasteiger partial charge >= 0.3 is 0 Å². The van der Waals surface area contributed by atoms with Crippen molar-refractivity contribution in [3.05, 3.63) is 241 Å². The summed E-state index contributed by atoms with van der Waals surface area (Å²) in [5, 5.41) is 22.7. The zero-order chi connectivity index (χ0) is 89.1. The van der Waals surface area contributed by atoms with Crippen LogP contribution in [0.3, 0.4) is 0 Å². The summed E-state index contributed by atoms with van der Waals surface area (Å²) < 4.78 is 105. The molecule has 3 aliphatic heterocycles. The van der Waals surface area contributed by atoms with Crippen LogP contribution in [0.15, 0.2) is 202 Å². The molecule has 660 valence electrons. The van der Waals surface area contributed by atoms with Gasteiger partial charge in [-0.3, -0.25) is 37.9 Å². The summed E-state index contributed by atoms with van der Waals surface area (Å²) in [7, 11) is 6.06. The Balaban J connectivity index is 0.000000162. The number of Topliss-reactive ketones (excluding diaryl/α,β-unsaturated/α-hetero) is 1. The minimum absolute atomic E-state index is 0.0290. The van der Waals surface area contributed by atoms with E-state index in [1.165, 1.54) is 132 Å². The van der Waals surface area contributed by atoms with Gasteiger partial charge < -0.3 is 61.2 Å². The number of nitrogens with zero attached hydrogens (tertiary/aromatic N) is 16. The standard InChI is InChI=1S/C31H36F2N8O2.C31H35F2N7O2.C29H32F2N8O2/c1-5-40-12-7-10-25(40)19-35-27-18-28(37-20-36-27)41-13-11-34-30(41)38-23-14-21(15-26(17-23)43-4)29(42)39(3)24-9-6-8-22(16-24)31(2,32)33;1-4-39-11-6-9-25(39)19-35-28-18-29(37-20-36-28)40-12-10-34-30(40)38-24-15-22(16-26(17-24)42-3)27(41)14-21-7-5-8-23(13-21)31(2,32)33;1-29(30,31)21-6-5-7-22(16-21)36-27(40)20-14-23(17-24(15-20)41-2)37-28-33-9-13-39(28)26-18-25(34-19-35-26)32-8-12-38-10-3-4-11-38/h6,8-9,11,13-18,20,25H,5,7,10,12,19H2,1-4H3,(H,34,38)(H,35,36,37);5,7-8,10,12-13,15-18,20,25H,4,6,9,11,14,19H2,1-3H3,(H,34,38)(H,35,36,37);5-7,9,13-19H,3-4,8,10-12H2,1-2H3,(H,33,37)(H,36,40)(H,32,34,35). The molecule has 15 rings (SSSR count). The van der Waals surface area contributed by atoms with Crippen molar-refractivity contribution in [1.29, 1.82) is 0 Å². The normalized spacial score (nSPS) is 14.8. The molecule has 126 heavy (non-hydrogen) atoms. The number of alkyl halides is 6. The number of ketones is 1. The van der Waals surface area contributed by atoms with Gasteiger partial charge in [-0.05, 0) is 150 Å². The van der Waals surface area contributed by atoms with Gasteiger partial charge in [0.15, 0.2) is 5.78 Å². The maximum atomic E-state index is 13.9. The Morgan fingerprint density at radius 1 is 0.460 bits per heavy atom. The summed E-state index contributed by atoms with van der Waals surface area (Å²) in [4.78, 5) is 88.1. The van der Waals surface area contributed by atoms with E-state index in [1.807, 2.05) is 18.2 Å². The van der Waals surface area contributed by atoms with E-state index in [0.717, 1.165) is 104 Å². The number of likely N-dealkylation sites (tertiary alicyclic amines) is 3. The zero-order valence-electron chi connectivity index (χ0n) is 71.6. The number of carbonyl (C=O) groups excluding carboxylic acids is 3. The smallest absolute Gasteiger partial charge is 0.270 e. The van der Waals surface area contributed by atoms with Crippen molar-refractivity contribution in [1.82, 2.24) is 73.3 Å². The number of ether oxygens (including phenoxy) is 3. The van der Waals surface area contributed by atoms with Gasteiger partial charge in [-0.2, -0.15) is 0 Å². The van der Waals surface area contributed by atoms with E-state index < -0.39 is 29.6 Å². The van der Waals surface area contributed by atoms with Gasteiger partial charge in [0, 0.05) is 208 Å². The molecular weight excluding hydrogens is 1630 g/mol. The lowest BCUT2D eigenvalue weighted by Gasteiger charge is -2.23. The van der Waals surface area contributed by atoms with E-state index in [-0.39, 0.29) is 40.1 Å². The van der Waals surface area contributed by atoms with Gasteiger partial charge in [0.05, 0.1) is 21.3 Å². The molecule has 29 nitrogen and oxygen atoms in total. The highest BCUT2D eigenvalue weighted by Gasteiger charge is 2.30. The largest absolute Gasteiger partial charge is 0.497 e. The number of aromatic nitrogens is 12.